The van der Waals surface area contributed by atoms with Crippen LogP contribution in [0.3, 0.4) is 0 Å². The van der Waals surface area contributed by atoms with Gasteiger partial charge in [0.05, 0.1) is 19.8 Å². The number of benzene rings is 2. The summed E-state index contributed by atoms with van der Waals surface area (Å²) in [7, 11) is 1.78. The highest BCUT2D eigenvalue weighted by Gasteiger charge is 2.10. The van der Waals surface area contributed by atoms with Gasteiger partial charge in [-0.3, -0.25) is 4.99 Å². The molecular formula is C22H31IN4O2. The van der Waals surface area contributed by atoms with Crippen molar-refractivity contribution >= 4 is 35.6 Å². The summed E-state index contributed by atoms with van der Waals surface area (Å²) in [6.45, 7) is 7.55. The number of nitrogens with one attached hydrogen (secondary N) is 2. The molecule has 2 aromatic rings. The Bertz CT molecular complexity index is 762. The zero-order valence-electron chi connectivity index (χ0n) is 17.2. The van der Waals surface area contributed by atoms with Gasteiger partial charge in [0.1, 0.15) is 5.75 Å². The van der Waals surface area contributed by atoms with Gasteiger partial charge in [0, 0.05) is 44.5 Å². The van der Waals surface area contributed by atoms with Gasteiger partial charge in [0.25, 0.3) is 0 Å². The standard InChI is InChI=1S/C22H30N4O2.HI/c1-3-28-21-7-5-4-6-19(21)17-25-22(23-2)24-16-18-8-10-20(11-9-18)26-12-14-27-15-13-26;/h4-11H,3,12-17H2,1-2H3,(H2,23,24,25);1H. The van der Waals surface area contributed by atoms with Gasteiger partial charge in [0.2, 0.25) is 0 Å². The SMILES string of the molecule is CCOc1ccccc1CNC(=NC)NCc1ccc(N2CCOCC2)cc1.I. The number of rotatable bonds is 7. The van der Waals surface area contributed by atoms with Crippen LogP contribution in [-0.2, 0) is 17.8 Å². The number of aliphatic imine (C=N–C) groups is 1. The lowest BCUT2D eigenvalue weighted by atomic mass is 10.2. The lowest BCUT2D eigenvalue weighted by Gasteiger charge is -2.28. The van der Waals surface area contributed by atoms with E-state index in [2.05, 4.69) is 50.9 Å². The van der Waals surface area contributed by atoms with Crippen molar-refractivity contribution in [1.29, 1.82) is 0 Å². The first kappa shape index (κ1) is 23.3. The largest absolute Gasteiger partial charge is 0.494 e. The smallest absolute Gasteiger partial charge is 0.191 e. The summed E-state index contributed by atoms with van der Waals surface area (Å²) in [5, 5.41) is 6.73. The highest BCUT2D eigenvalue weighted by Crippen LogP contribution is 2.18. The van der Waals surface area contributed by atoms with Crippen LogP contribution >= 0.6 is 24.0 Å². The summed E-state index contributed by atoms with van der Waals surface area (Å²) in [5.41, 5.74) is 3.58. The number of hydrogen-bond acceptors (Lipinski definition) is 4. The first-order valence-electron chi connectivity index (χ1n) is 9.87. The molecule has 2 aromatic carbocycles. The zero-order valence-corrected chi connectivity index (χ0v) is 19.5. The summed E-state index contributed by atoms with van der Waals surface area (Å²) in [4.78, 5) is 6.67. The molecule has 1 aliphatic rings. The minimum Gasteiger partial charge on any atom is -0.494 e. The molecule has 158 valence electrons. The first-order chi connectivity index (χ1) is 13.8. The Balaban J connectivity index is 0.00000300. The van der Waals surface area contributed by atoms with E-state index >= 15 is 0 Å². The summed E-state index contributed by atoms with van der Waals surface area (Å²) >= 11 is 0. The molecule has 0 aromatic heterocycles. The molecule has 0 amide bonds. The molecule has 3 rings (SSSR count). The molecule has 7 heteroatoms. The van der Waals surface area contributed by atoms with Crippen molar-refractivity contribution in [3.05, 3.63) is 59.7 Å². The van der Waals surface area contributed by atoms with Crippen LogP contribution in [-0.4, -0.2) is 45.9 Å². The van der Waals surface area contributed by atoms with E-state index in [0.29, 0.717) is 13.2 Å². The molecule has 0 unspecified atom stereocenters. The van der Waals surface area contributed by atoms with Crippen LogP contribution in [0.4, 0.5) is 5.69 Å². The fraction of sp³-hybridized carbons (Fsp3) is 0.409. The molecule has 0 spiro atoms. The monoisotopic (exact) mass is 510 g/mol. The molecule has 0 saturated carbocycles. The van der Waals surface area contributed by atoms with E-state index < -0.39 is 0 Å². The van der Waals surface area contributed by atoms with Gasteiger partial charge in [-0.15, -0.1) is 24.0 Å². The number of ether oxygens (including phenoxy) is 2. The zero-order chi connectivity index (χ0) is 19.6. The second-order valence-corrected chi connectivity index (χ2v) is 6.59. The number of nitrogens with zero attached hydrogens (tertiary/aromatic N) is 2. The van der Waals surface area contributed by atoms with Crippen molar-refractivity contribution in [2.24, 2.45) is 4.99 Å². The molecule has 1 saturated heterocycles. The van der Waals surface area contributed by atoms with Crippen LogP contribution in [0.2, 0.25) is 0 Å². The van der Waals surface area contributed by atoms with Crippen molar-refractivity contribution in [1.82, 2.24) is 10.6 Å². The second-order valence-electron chi connectivity index (χ2n) is 6.59. The Morgan fingerprint density at radius 2 is 1.72 bits per heavy atom. The maximum Gasteiger partial charge on any atom is 0.191 e. The van der Waals surface area contributed by atoms with E-state index in [0.717, 1.165) is 50.1 Å². The molecule has 0 radical (unpaired) electrons. The van der Waals surface area contributed by atoms with Crippen molar-refractivity contribution in [3.63, 3.8) is 0 Å². The van der Waals surface area contributed by atoms with Gasteiger partial charge in [0.15, 0.2) is 5.96 Å². The van der Waals surface area contributed by atoms with E-state index in [1.54, 1.807) is 7.05 Å². The lowest BCUT2D eigenvalue weighted by molar-refractivity contribution is 0.122. The molecule has 0 aliphatic carbocycles. The Kier molecular flexibility index (Phi) is 10.1. The van der Waals surface area contributed by atoms with Crippen LogP contribution in [0, 0.1) is 0 Å². The third-order valence-corrected chi connectivity index (χ3v) is 4.71. The molecule has 2 N–H and O–H groups in total. The Morgan fingerprint density at radius 1 is 1.03 bits per heavy atom. The van der Waals surface area contributed by atoms with Crippen molar-refractivity contribution in [2.45, 2.75) is 20.0 Å². The van der Waals surface area contributed by atoms with Gasteiger partial charge < -0.3 is 25.0 Å². The predicted molar refractivity (Wildman–Crippen MR) is 130 cm³/mol. The van der Waals surface area contributed by atoms with Gasteiger partial charge in [-0.25, -0.2) is 0 Å². The van der Waals surface area contributed by atoms with Crippen LogP contribution in [0.25, 0.3) is 0 Å². The van der Waals surface area contributed by atoms with Crippen LogP contribution < -0.4 is 20.3 Å². The van der Waals surface area contributed by atoms with Crippen molar-refractivity contribution < 1.29 is 9.47 Å². The van der Waals surface area contributed by atoms with Crippen LogP contribution in [0.1, 0.15) is 18.1 Å². The molecule has 1 aliphatic heterocycles. The van der Waals surface area contributed by atoms with Crippen LogP contribution in [0.15, 0.2) is 53.5 Å². The highest BCUT2D eigenvalue weighted by atomic mass is 127. The van der Waals surface area contributed by atoms with Crippen LogP contribution in [0.5, 0.6) is 5.75 Å². The number of anilines is 1. The van der Waals surface area contributed by atoms with Crippen molar-refractivity contribution in [2.75, 3.05) is 44.9 Å². The van der Waals surface area contributed by atoms with E-state index in [9.17, 15) is 0 Å². The predicted octanol–water partition coefficient (Wildman–Crippen LogP) is 3.41. The molecule has 1 heterocycles. The number of para-hydroxylation sites is 1. The first-order valence-corrected chi connectivity index (χ1v) is 9.87. The minimum absolute atomic E-state index is 0. The van der Waals surface area contributed by atoms with Crippen molar-refractivity contribution in [3.8, 4) is 5.75 Å². The second kappa shape index (κ2) is 12.5. The van der Waals surface area contributed by atoms with E-state index in [1.807, 2.05) is 25.1 Å². The quantitative estimate of drug-likeness (QED) is 0.340. The summed E-state index contributed by atoms with van der Waals surface area (Å²) in [6.07, 6.45) is 0. The van der Waals surface area contributed by atoms with E-state index in [4.69, 9.17) is 9.47 Å². The Labute approximate surface area is 190 Å². The number of hydrogen-bond donors (Lipinski definition) is 2. The third kappa shape index (κ3) is 7.08. The normalized spacial score (nSPS) is 14.1. The molecular weight excluding hydrogens is 479 g/mol. The fourth-order valence-electron chi connectivity index (χ4n) is 3.18. The van der Waals surface area contributed by atoms with E-state index in [1.165, 1.54) is 11.3 Å². The lowest BCUT2D eigenvalue weighted by Crippen LogP contribution is -2.36. The molecule has 0 atom stereocenters. The Morgan fingerprint density at radius 3 is 2.41 bits per heavy atom. The average molecular weight is 510 g/mol. The Hall–Kier alpha value is -2.00. The fourth-order valence-corrected chi connectivity index (χ4v) is 3.18. The van der Waals surface area contributed by atoms with Gasteiger partial charge >= 0.3 is 0 Å². The molecule has 6 nitrogen and oxygen atoms in total. The van der Waals surface area contributed by atoms with Gasteiger partial charge in [-0.2, -0.15) is 0 Å². The average Bonchev–Trinajstić information content (AvgIpc) is 2.76. The maximum absolute atomic E-state index is 5.68. The number of guanidine groups is 1. The summed E-state index contributed by atoms with van der Waals surface area (Å²) < 4.78 is 11.1. The molecule has 29 heavy (non-hydrogen) atoms. The number of halogens is 1. The molecule has 0 bridgehead atoms. The number of morpholine rings is 1. The third-order valence-electron chi connectivity index (χ3n) is 4.71. The molecule has 1 fully saturated rings. The van der Waals surface area contributed by atoms with E-state index in [-0.39, 0.29) is 24.0 Å². The van der Waals surface area contributed by atoms with Gasteiger partial charge in [-0.05, 0) is 30.7 Å². The minimum atomic E-state index is 0. The summed E-state index contributed by atoms with van der Waals surface area (Å²) in [5.74, 6) is 1.68. The topological polar surface area (TPSA) is 58.1 Å². The highest BCUT2D eigenvalue weighted by molar-refractivity contribution is 14.0. The summed E-state index contributed by atoms with van der Waals surface area (Å²) in [6, 6.07) is 16.7. The maximum atomic E-state index is 5.68. The van der Waals surface area contributed by atoms with Gasteiger partial charge in [-0.1, -0.05) is 30.3 Å².